The largest absolute Gasteiger partial charge is 0.206 e. The van der Waals surface area contributed by atoms with Gasteiger partial charge in [0.1, 0.15) is 17.5 Å². The number of aryl methyl sites for hydroxylation is 1. The van der Waals surface area contributed by atoms with Gasteiger partial charge < -0.3 is 0 Å². The van der Waals surface area contributed by atoms with Crippen molar-refractivity contribution in [3.05, 3.63) is 41.2 Å². The quantitative estimate of drug-likeness (QED) is 0.673. The molecule has 2 aromatic rings. The van der Waals surface area contributed by atoms with E-state index in [-0.39, 0.29) is 16.1 Å². The number of fused-ring (bicyclic) bond motifs is 1. The fraction of sp³-hybridized carbons (Fsp3) is 0.167. The molecule has 0 saturated heterocycles. The first kappa shape index (κ1) is 11.4. The van der Waals surface area contributed by atoms with Crippen LogP contribution in [0.2, 0.25) is 0 Å². The molecule has 0 aliphatic heterocycles. The second kappa shape index (κ2) is 4.06. The third-order valence-corrected chi connectivity index (χ3v) is 3.11. The summed E-state index contributed by atoms with van der Waals surface area (Å²) in [4.78, 5) is 0. The Hall–Kier alpha value is -1.08. The predicted molar refractivity (Wildman–Crippen MR) is 62.5 cm³/mol. The summed E-state index contributed by atoms with van der Waals surface area (Å²) in [6.45, 7) is 1.86. The maximum atomic E-state index is 13.7. The topological polar surface area (TPSA) is 0 Å². The number of hydrogen-bond acceptors (Lipinski definition) is 0. The van der Waals surface area contributed by atoms with Gasteiger partial charge in [-0.2, -0.15) is 0 Å². The van der Waals surface area contributed by atoms with Crippen molar-refractivity contribution in [1.82, 2.24) is 0 Å². The van der Waals surface area contributed by atoms with Crippen molar-refractivity contribution in [2.45, 2.75) is 13.3 Å². The Balaban J connectivity index is 2.90. The van der Waals surface area contributed by atoms with Crippen LogP contribution < -0.4 is 5.30 Å². The first-order valence-corrected chi connectivity index (χ1v) is 5.48. The zero-order valence-corrected chi connectivity index (χ0v) is 9.81. The van der Waals surface area contributed by atoms with Crippen molar-refractivity contribution in [3.8, 4) is 0 Å². The molecule has 0 aromatic heterocycles. The number of benzene rings is 2. The summed E-state index contributed by atoms with van der Waals surface area (Å²) in [7, 11) is 1.95. The van der Waals surface area contributed by atoms with E-state index >= 15 is 0 Å². The van der Waals surface area contributed by atoms with Gasteiger partial charge in [-0.3, -0.25) is 0 Å². The minimum atomic E-state index is -0.847. The van der Waals surface area contributed by atoms with Crippen molar-refractivity contribution in [2.75, 3.05) is 0 Å². The summed E-state index contributed by atoms with van der Waals surface area (Å²) in [5, 5.41) is -0.114. The number of rotatable bonds is 1. The van der Waals surface area contributed by atoms with Gasteiger partial charge in [0.25, 0.3) is 0 Å². The molecule has 0 bridgehead atoms. The van der Waals surface area contributed by atoms with E-state index in [4.69, 9.17) is 0 Å². The fourth-order valence-corrected chi connectivity index (χ4v) is 1.92. The van der Waals surface area contributed by atoms with Crippen molar-refractivity contribution < 1.29 is 13.2 Å². The highest BCUT2D eigenvalue weighted by Crippen LogP contribution is 2.24. The van der Waals surface area contributed by atoms with Crippen LogP contribution in [0.5, 0.6) is 0 Å². The molecule has 0 heterocycles. The standard InChI is InChI=1S/C12H10F3P/c1-2-6-3-7-5-9(14)12(16)11(15)10(7)8(13)4-6/h3-5H,2,16H2,1H3. The van der Waals surface area contributed by atoms with Gasteiger partial charge in [-0.25, -0.2) is 13.2 Å². The van der Waals surface area contributed by atoms with Crippen LogP contribution in [0, 0.1) is 17.5 Å². The fourth-order valence-electron chi connectivity index (χ4n) is 1.69. The lowest BCUT2D eigenvalue weighted by Crippen LogP contribution is -2.06. The van der Waals surface area contributed by atoms with E-state index < -0.39 is 17.5 Å². The Labute approximate surface area is 93.7 Å². The van der Waals surface area contributed by atoms with Crippen LogP contribution in [0.15, 0.2) is 18.2 Å². The zero-order chi connectivity index (χ0) is 11.9. The predicted octanol–water partition coefficient (Wildman–Crippen LogP) is 3.32. The highest BCUT2D eigenvalue weighted by atomic mass is 31.0. The number of hydrogen-bond donors (Lipinski definition) is 0. The van der Waals surface area contributed by atoms with Gasteiger partial charge in [-0.05, 0) is 29.5 Å². The third kappa shape index (κ3) is 1.69. The maximum absolute atomic E-state index is 13.7. The monoisotopic (exact) mass is 242 g/mol. The van der Waals surface area contributed by atoms with Gasteiger partial charge >= 0.3 is 0 Å². The Morgan fingerprint density at radius 2 is 1.75 bits per heavy atom. The van der Waals surface area contributed by atoms with Crippen LogP contribution >= 0.6 is 9.24 Å². The minimum Gasteiger partial charge on any atom is -0.206 e. The molecule has 0 aliphatic carbocycles. The SMILES string of the molecule is CCc1cc(F)c2c(F)c(P)c(F)cc2c1. The van der Waals surface area contributed by atoms with Gasteiger partial charge in [0.2, 0.25) is 0 Å². The molecule has 16 heavy (non-hydrogen) atoms. The van der Waals surface area contributed by atoms with Gasteiger partial charge in [0, 0.05) is 5.30 Å². The molecule has 2 aromatic carbocycles. The lowest BCUT2D eigenvalue weighted by atomic mass is 10.0. The average molecular weight is 242 g/mol. The summed E-state index contributed by atoms with van der Waals surface area (Å²) < 4.78 is 40.6. The second-order valence-corrected chi connectivity index (χ2v) is 4.19. The third-order valence-electron chi connectivity index (χ3n) is 2.58. The molecule has 0 fully saturated rings. The molecular formula is C12H10F3P. The van der Waals surface area contributed by atoms with E-state index in [1.54, 1.807) is 6.07 Å². The first-order chi connectivity index (χ1) is 7.54. The first-order valence-electron chi connectivity index (χ1n) is 4.90. The molecule has 0 N–H and O–H groups in total. The maximum Gasteiger partial charge on any atom is 0.144 e. The zero-order valence-electron chi connectivity index (χ0n) is 8.65. The summed E-state index contributed by atoms with van der Waals surface area (Å²) in [6.07, 6.45) is 0.624. The molecular weight excluding hydrogens is 232 g/mol. The van der Waals surface area contributed by atoms with Crippen LogP contribution in [0.3, 0.4) is 0 Å². The lowest BCUT2D eigenvalue weighted by molar-refractivity contribution is 0.593. The van der Waals surface area contributed by atoms with Crippen LogP contribution in [0.1, 0.15) is 12.5 Å². The average Bonchev–Trinajstić information content (AvgIpc) is 2.25. The smallest absolute Gasteiger partial charge is 0.144 e. The van der Waals surface area contributed by atoms with E-state index in [1.807, 2.05) is 16.2 Å². The molecule has 84 valence electrons. The molecule has 4 heteroatoms. The summed E-state index contributed by atoms with van der Waals surface area (Å²) >= 11 is 0. The van der Waals surface area contributed by atoms with Gasteiger partial charge in [-0.15, -0.1) is 0 Å². The Bertz CT molecular complexity index is 564. The molecule has 1 atom stereocenters. The van der Waals surface area contributed by atoms with Gasteiger partial charge in [0.15, 0.2) is 0 Å². The highest BCUT2D eigenvalue weighted by molar-refractivity contribution is 7.27. The van der Waals surface area contributed by atoms with Crippen molar-refractivity contribution in [3.63, 3.8) is 0 Å². The molecule has 0 nitrogen and oxygen atoms in total. The summed E-state index contributed by atoms with van der Waals surface area (Å²) in [6, 6.07) is 4.05. The van der Waals surface area contributed by atoms with Gasteiger partial charge in [-0.1, -0.05) is 22.2 Å². The number of halogens is 3. The van der Waals surface area contributed by atoms with Crippen molar-refractivity contribution in [2.24, 2.45) is 0 Å². The van der Waals surface area contributed by atoms with Crippen LogP contribution in [-0.4, -0.2) is 0 Å². The van der Waals surface area contributed by atoms with Gasteiger partial charge in [0.05, 0.1) is 5.39 Å². The van der Waals surface area contributed by atoms with Crippen LogP contribution in [0.4, 0.5) is 13.2 Å². The van der Waals surface area contributed by atoms with Crippen molar-refractivity contribution >= 4 is 25.3 Å². The van der Waals surface area contributed by atoms with E-state index in [1.165, 1.54) is 6.07 Å². The van der Waals surface area contributed by atoms with Crippen LogP contribution in [0.25, 0.3) is 10.8 Å². The van der Waals surface area contributed by atoms with E-state index in [9.17, 15) is 13.2 Å². The second-order valence-electron chi connectivity index (χ2n) is 3.62. The molecule has 0 radical (unpaired) electrons. The lowest BCUT2D eigenvalue weighted by Gasteiger charge is -2.07. The van der Waals surface area contributed by atoms with E-state index in [0.29, 0.717) is 6.42 Å². The normalized spacial score (nSPS) is 11.1. The van der Waals surface area contributed by atoms with E-state index in [0.717, 1.165) is 11.6 Å². The Morgan fingerprint density at radius 1 is 1.06 bits per heavy atom. The molecule has 2 rings (SSSR count). The molecule has 0 saturated carbocycles. The van der Waals surface area contributed by atoms with Crippen molar-refractivity contribution in [1.29, 1.82) is 0 Å². The van der Waals surface area contributed by atoms with E-state index in [2.05, 4.69) is 0 Å². The van der Waals surface area contributed by atoms with Crippen LogP contribution in [-0.2, 0) is 6.42 Å². The minimum absolute atomic E-state index is 0.149. The highest BCUT2D eigenvalue weighted by Gasteiger charge is 2.14. The molecule has 0 aliphatic rings. The Morgan fingerprint density at radius 3 is 2.38 bits per heavy atom. The Kier molecular flexibility index (Phi) is 2.90. The molecule has 1 unspecified atom stereocenters. The molecule has 0 amide bonds. The molecule has 0 spiro atoms. The summed E-state index contributed by atoms with van der Waals surface area (Å²) in [5.74, 6) is -2.17. The summed E-state index contributed by atoms with van der Waals surface area (Å²) in [5.41, 5.74) is 0.723.